The van der Waals surface area contributed by atoms with Crippen LogP contribution in [-0.2, 0) is 5.41 Å². The molecule has 0 bridgehead atoms. The van der Waals surface area contributed by atoms with Crippen LogP contribution < -0.4 is 0 Å². The number of rotatable bonds is 3. The maximum absolute atomic E-state index is 11.3. The molecule has 3 nitrogen and oxygen atoms in total. The van der Waals surface area contributed by atoms with Crippen LogP contribution >= 0.6 is 0 Å². The van der Waals surface area contributed by atoms with Gasteiger partial charge in [-0.25, -0.2) is 4.98 Å². The molecule has 0 aliphatic heterocycles. The highest BCUT2D eigenvalue weighted by Gasteiger charge is 2.26. The summed E-state index contributed by atoms with van der Waals surface area (Å²) in [6, 6.07) is 3.97. The first kappa shape index (κ1) is 11.8. The van der Waals surface area contributed by atoms with E-state index >= 15 is 0 Å². The minimum absolute atomic E-state index is 0.0732. The lowest BCUT2D eigenvalue weighted by Crippen LogP contribution is -2.18. The molecule has 17 heavy (non-hydrogen) atoms. The Morgan fingerprint density at radius 3 is 2.71 bits per heavy atom. The molecule has 2 heterocycles. The normalized spacial score (nSPS) is 12.0. The Labute approximate surface area is 101 Å². The van der Waals surface area contributed by atoms with Crippen LogP contribution in [0.25, 0.3) is 5.65 Å². The Balaban J connectivity index is 2.77. The zero-order valence-electron chi connectivity index (χ0n) is 10.8. The van der Waals surface area contributed by atoms with Crippen LogP contribution in [0.3, 0.4) is 0 Å². The molecule has 2 aromatic rings. The van der Waals surface area contributed by atoms with Crippen molar-refractivity contribution in [2.75, 3.05) is 0 Å². The Morgan fingerprint density at radius 2 is 2.12 bits per heavy atom. The van der Waals surface area contributed by atoms with Gasteiger partial charge < -0.3 is 0 Å². The van der Waals surface area contributed by atoms with E-state index in [4.69, 9.17) is 0 Å². The third-order valence-electron chi connectivity index (χ3n) is 3.44. The summed E-state index contributed by atoms with van der Waals surface area (Å²) in [5, 5.41) is 0. The molecule has 3 heteroatoms. The summed E-state index contributed by atoms with van der Waals surface area (Å²) < 4.78 is 1.88. The first-order chi connectivity index (χ1) is 7.99. The molecule has 0 aliphatic rings. The van der Waals surface area contributed by atoms with Gasteiger partial charge in [-0.15, -0.1) is 0 Å². The number of imidazole rings is 1. The minimum atomic E-state index is -0.0732. The van der Waals surface area contributed by atoms with E-state index in [1.54, 1.807) is 0 Å². The zero-order valence-corrected chi connectivity index (χ0v) is 10.8. The van der Waals surface area contributed by atoms with Crippen molar-refractivity contribution in [1.29, 1.82) is 0 Å². The minimum Gasteiger partial charge on any atom is -0.297 e. The fourth-order valence-corrected chi connectivity index (χ4v) is 1.95. The topological polar surface area (TPSA) is 34.4 Å². The maximum Gasteiger partial charge on any atom is 0.168 e. The summed E-state index contributed by atoms with van der Waals surface area (Å²) in [6.07, 6.45) is 3.82. The Bertz CT molecular complexity index is 567. The molecule has 90 valence electrons. The predicted octanol–water partition coefficient (Wildman–Crippen LogP) is 3.14. The molecular weight excluding hydrogens is 212 g/mol. The highest BCUT2D eigenvalue weighted by atomic mass is 16.1. The zero-order chi connectivity index (χ0) is 12.6. The van der Waals surface area contributed by atoms with Gasteiger partial charge in [-0.3, -0.25) is 9.20 Å². The highest BCUT2D eigenvalue weighted by Crippen LogP contribution is 2.29. The van der Waals surface area contributed by atoms with Crippen LogP contribution in [0.15, 0.2) is 18.3 Å². The lowest BCUT2D eigenvalue weighted by Gasteiger charge is -2.20. The van der Waals surface area contributed by atoms with E-state index in [2.05, 4.69) is 25.8 Å². The SMILES string of the molecule is CCC(C)(C)c1nc2ccc(C)cn2c1C=O. The van der Waals surface area contributed by atoms with Crippen molar-refractivity contribution >= 4 is 11.9 Å². The van der Waals surface area contributed by atoms with E-state index in [0.717, 1.165) is 29.6 Å². The number of hydrogen-bond donors (Lipinski definition) is 0. The number of nitrogens with zero attached hydrogens (tertiary/aromatic N) is 2. The van der Waals surface area contributed by atoms with E-state index < -0.39 is 0 Å². The fourth-order valence-electron chi connectivity index (χ4n) is 1.95. The molecule has 0 saturated heterocycles. The van der Waals surface area contributed by atoms with E-state index in [-0.39, 0.29) is 5.41 Å². The van der Waals surface area contributed by atoms with Crippen molar-refractivity contribution in [2.45, 2.75) is 39.5 Å². The first-order valence-electron chi connectivity index (χ1n) is 5.94. The van der Waals surface area contributed by atoms with Gasteiger partial charge in [0.15, 0.2) is 6.29 Å². The van der Waals surface area contributed by atoms with Crippen LogP contribution in [0, 0.1) is 6.92 Å². The summed E-state index contributed by atoms with van der Waals surface area (Å²) in [6.45, 7) is 8.37. The quantitative estimate of drug-likeness (QED) is 0.759. The fraction of sp³-hybridized carbons (Fsp3) is 0.429. The van der Waals surface area contributed by atoms with E-state index in [9.17, 15) is 4.79 Å². The first-order valence-corrected chi connectivity index (χ1v) is 5.94. The smallest absolute Gasteiger partial charge is 0.168 e. The molecule has 0 saturated carbocycles. The van der Waals surface area contributed by atoms with Crippen molar-refractivity contribution in [1.82, 2.24) is 9.38 Å². The molecule has 0 aromatic carbocycles. The second-order valence-electron chi connectivity index (χ2n) is 5.14. The van der Waals surface area contributed by atoms with Gasteiger partial charge >= 0.3 is 0 Å². The van der Waals surface area contributed by atoms with Crippen molar-refractivity contribution < 1.29 is 4.79 Å². The molecule has 0 unspecified atom stereocenters. The largest absolute Gasteiger partial charge is 0.297 e. The summed E-state index contributed by atoms with van der Waals surface area (Å²) in [4.78, 5) is 15.9. The van der Waals surface area contributed by atoms with Crippen LogP contribution in [-0.4, -0.2) is 15.7 Å². The van der Waals surface area contributed by atoms with Gasteiger partial charge in [0.1, 0.15) is 11.3 Å². The number of aldehydes is 1. The van der Waals surface area contributed by atoms with Gasteiger partial charge in [-0.2, -0.15) is 0 Å². The average molecular weight is 230 g/mol. The number of aromatic nitrogens is 2. The van der Waals surface area contributed by atoms with Crippen LogP contribution in [0.2, 0.25) is 0 Å². The van der Waals surface area contributed by atoms with Gasteiger partial charge in [-0.05, 0) is 25.0 Å². The average Bonchev–Trinajstić information content (AvgIpc) is 2.67. The van der Waals surface area contributed by atoms with Gasteiger partial charge in [0.05, 0.1) is 5.69 Å². The summed E-state index contributed by atoms with van der Waals surface area (Å²) in [5.41, 5.74) is 3.46. The summed E-state index contributed by atoms with van der Waals surface area (Å²) >= 11 is 0. The van der Waals surface area contributed by atoms with Crippen LogP contribution in [0.4, 0.5) is 0 Å². The van der Waals surface area contributed by atoms with Gasteiger partial charge in [0.2, 0.25) is 0 Å². The van der Waals surface area contributed by atoms with E-state index in [0.29, 0.717) is 5.69 Å². The molecular formula is C14H18N2O. The van der Waals surface area contributed by atoms with Gasteiger partial charge in [-0.1, -0.05) is 26.8 Å². The number of fused-ring (bicyclic) bond motifs is 1. The molecule has 0 fully saturated rings. The number of pyridine rings is 1. The lowest BCUT2D eigenvalue weighted by molar-refractivity contribution is 0.111. The molecule has 0 radical (unpaired) electrons. The van der Waals surface area contributed by atoms with Crippen LogP contribution in [0.5, 0.6) is 0 Å². The van der Waals surface area contributed by atoms with Gasteiger partial charge in [0.25, 0.3) is 0 Å². The number of aryl methyl sites for hydroxylation is 1. The van der Waals surface area contributed by atoms with Crippen molar-refractivity contribution in [3.05, 3.63) is 35.3 Å². The molecule has 0 aliphatic carbocycles. The van der Waals surface area contributed by atoms with Crippen molar-refractivity contribution in [3.63, 3.8) is 0 Å². The second-order valence-corrected chi connectivity index (χ2v) is 5.14. The van der Waals surface area contributed by atoms with Crippen molar-refractivity contribution in [3.8, 4) is 0 Å². The standard InChI is InChI=1S/C14H18N2O/c1-5-14(3,4)13-11(9-17)16-8-10(2)6-7-12(16)15-13/h6-9H,5H2,1-4H3. The monoisotopic (exact) mass is 230 g/mol. The Hall–Kier alpha value is -1.64. The molecule has 0 atom stereocenters. The molecule has 0 N–H and O–H groups in total. The number of carbonyl (C=O) groups is 1. The molecule has 2 aromatic heterocycles. The summed E-state index contributed by atoms with van der Waals surface area (Å²) in [5.74, 6) is 0. The van der Waals surface area contributed by atoms with Crippen molar-refractivity contribution in [2.24, 2.45) is 0 Å². The van der Waals surface area contributed by atoms with Gasteiger partial charge in [0, 0.05) is 11.6 Å². The second kappa shape index (κ2) is 3.99. The third kappa shape index (κ3) is 1.86. The molecule has 0 spiro atoms. The third-order valence-corrected chi connectivity index (χ3v) is 3.44. The van der Waals surface area contributed by atoms with E-state index in [1.165, 1.54) is 0 Å². The lowest BCUT2D eigenvalue weighted by atomic mass is 9.85. The summed E-state index contributed by atoms with van der Waals surface area (Å²) in [7, 11) is 0. The number of carbonyl (C=O) groups excluding carboxylic acids is 1. The predicted molar refractivity (Wildman–Crippen MR) is 68.6 cm³/mol. The molecule has 0 amide bonds. The maximum atomic E-state index is 11.3. The number of hydrogen-bond acceptors (Lipinski definition) is 2. The molecule has 2 rings (SSSR count). The van der Waals surface area contributed by atoms with E-state index in [1.807, 2.05) is 29.7 Å². The highest BCUT2D eigenvalue weighted by molar-refractivity contribution is 5.77. The van der Waals surface area contributed by atoms with Crippen LogP contribution in [0.1, 0.15) is 48.9 Å². The Morgan fingerprint density at radius 1 is 1.41 bits per heavy atom. The Kier molecular flexibility index (Phi) is 2.77.